The fourth-order valence-corrected chi connectivity index (χ4v) is 3.22. The van der Waals surface area contributed by atoms with E-state index in [1.165, 1.54) is 6.42 Å². The fraction of sp³-hybridized carbons (Fsp3) is 0.286. The molecular formula is C21H22ClN3O2. The summed E-state index contributed by atoms with van der Waals surface area (Å²) in [6.07, 6.45) is 6.92. The monoisotopic (exact) mass is 383 g/mol. The van der Waals surface area contributed by atoms with Gasteiger partial charge in [0.25, 0.3) is 5.91 Å². The van der Waals surface area contributed by atoms with Crippen LogP contribution in [0.1, 0.15) is 48.0 Å². The second-order valence-electron chi connectivity index (χ2n) is 6.65. The van der Waals surface area contributed by atoms with Crippen molar-refractivity contribution in [1.82, 2.24) is 5.43 Å². The minimum absolute atomic E-state index is 0.0690. The standard InChI is InChI=1S/C21H22ClN3O2/c22-18-10-6-15(7-11-18)14-23-25-21(27)17-8-12-19(13-9-17)24-20(26)16-4-2-1-3-5-16/h6-14,16H,1-5H2,(H,24,26)(H,25,27). The van der Waals surface area contributed by atoms with Crippen LogP contribution in [0.25, 0.3) is 0 Å². The van der Waals surface area contributed by atoms with Gasteiger partial charge in [-0.15, -0.1) is 0 Å². The zero-order chi connectivity index (χ0) is 19.1. The van der Waals surface area contributed by atoms with Crippen molar-refractivity contribution in [3.05, 3.63) is 64.7 Å². The van der Waals surface area contributed by atoms with E-state index in [1.807, 2.05) is 12.1 Å². The Morgan fingerprint density at radius 3 is 2.30 bits per heavy atom. The molecule has 0 spiro atoms. The number of rotatable bonds is 5. The summed E-state index contributed by atoms with van der Waals surface area (Å²) in [5.41, 5.74) is 4.49. The molecule has 6 heteroatoms. The van der Waals surface area contributed by atoms with Gasteiger partial charge in [-0.1, -0.05) is 43.0 Å². The number of hydrogen-bond acceptors (Lipinski definition) is 3. The van der Waals surface area contributed by atoms with Crippen molar-refractivity contribution in [3.63, 3.8) is 0 Å². The van der Waals surface area contributed by atoms with Gasteiger partial charge >= 0.3 is 0 Å². The molecule has 140 valence electrons. The summed E-state index contributed by atoms with van der Waals surface area (Å²) in [5.74, 6) is -0.145. The Balaban J connectivity index is 1.52. The van der Waals surface area contributed by atoms with Crippen molar-refractivity contribution >= 4 is 35.3 Å². The maximum Gasteiger partial charge on any atom is 0.271 e. The van der Waals surface area contributed by atoms with Gasteiger partial charge < -0.3 is 5.32 Å². The predicted molar refractivity (Wildman–Crippen MR) is 108 cm³/mol. The van der Waals surface area contributed by atoms with Gasteiger partial charge in [0.05, 0.1) is 6.21 Å². The molecule has 0 heterocycles. The maximum absolute atomic E-state index is 12.3. The number of benzene rings is 2. The van der Waals surface area contributed by atoms with Crippen LogP contribution in [-0.2, 0) is 4.79 Å². The third-order valence-corrected chi connectivity index (χ3v) is 4.89. The van der Waals surface area contributed by atoms with Crippen LogP contribution in [0.15, 0.2) is 53.6 Å². The molecule has 2 amide bonds. The molecule has 2 aromatic rings. The van der Waals surface area contributed by atoms with Crippen molar-refractivity contribution in [3.8, 4) is 0 Å². The minimum Gasteiger partial charge on any atom is -0.326 e. The topological polar surface area (TPSA) is 70.6 Å². The van der Waals surface area contributed by atoms with E-state index < -0.39 is 0 Å². The van der Waals surface area contributed by atoms with E-state index in [0.717, 1.165) is 31.2 Å². The second kappa shape index (κ2) is 9.33. The molecule has 0 atom stereocenters. The van der Waals surface area contributed by atoms with Crippen LogP contribution in [0.2, 0.25) is 5.02 Å². The van der Waals surface area contributed by atoms with E-state index in [0.29, 0.717) is 16.3 Å². The number of hydrazone groups is 1. The highest BCUT2D eigenvalue weighted by Gasteiger charge is 2.21. The van der Waals surface area contributed by atoms with Crippen LogP contribution >= 0.6 is 11.6 Å². The average Bonchev–Trinajstić information content (AvgIpc) is 2.70. The molecular weight excluding hydrogens is 362 g/mol. The first-order chi connectivity index (χ1) is 13.1. The van der Waals surface area contributed by atoms with Gasteiger partial charge in [-0.05, 0) is 54.8 Å². The van der Waals surface area contributed by atoms with Gasteiger partial charge in [-0.2, -0.15) is 5.10 Å². The molecule has 1 fully saturated rings. The van der Waals surface area contributed by atoms with Crippen molar-refractivity contribution in [2.24, 2.45) is 11.0 Å². The summed E-state index contributed by atoms with van der Waals surface area (Å²) in [6, 6.07) is 13.9. The van der Waals surface area contributed by atoms with E-state index >= 15 is 0 Å². The molecule has 0 bridgehead atoms. The number of nitrogens with zero attached hydrogens (tertiary/aromatic N) is 1. The van der Waals surface area contributed by atoms with E-state index in [9.17, 15) is 9.59 Å². The van der Waals surface area contributed by atoms with Crippen LogP contribution in [0.4, 0.5) is 5.69 Å². The summed E-state index contributed by atoms with van der Waals surface area (Å²) >= 11 is 5.82. The maximum atomic E-state index is 12.3. The van der Waals surface area contributed by atoms with Gasteiger partial charge in [-0.3, -0.25) is 9.59 Å². The van der Waals surface area contributed by atoms with Crippen molar-refractivity contribution < 1.29 is 9.59 Å². The van der Waals surface area contributed by atoms with Crippen LogP contribution in [0.3, 0.4) is 0 Å². The van der Waals surface area contributed by atoms with Crippen molar-refractivity contribution in [1.29, 1.82) is 0 Å². The number of halogens is 1. The van der Waals surface area contributed by atoms with Gasteiger partial charge in [-0.25, -0.2) is 5.43 Å². The molecule has 1 saturated carbocycles. The summed E-state index contributed by atoms with van der Waals surface area (Å²) in [6.45, 7) is 0. The first-order valence-electron chi connectivity index (χ1n) is 9.12. The molecule has 0 unspecified atom stereocenters. The molecule has 0 aromatic heterocycles. The Kier molecular flexibility index (Phi) is 6.60. The quantitative estimate of drug-likeness (QED) is 0.584. The van der Waals surface area contributed by atoms with Crippen LogP contribution < -0.4 is 10.7 Å². The summed E-state index contributed by atoms with van der Waals surface area (Å²) in [4.78, 5) is 24.4. The summed E-state index contributed by atoms with van der Waals surface area (Å²) < 4.78 is 0. The van der Waals surface area contributed by atoms with E-state index in [2.05, 4.69) is 15.8 Å². The van der Waals surface area contributed by atoms with Crippen LogP contribution in [0, 0.1) is 5.92 Å². The van der Waals surface area contributed by atoms with Gasteiger partial charge in [0.15, 0.2) is 0 Å². The third-order valence-electron chi connectivity index (χ3n) is 4.64. The smallest absolute Gasteiger partial charge is 0.271 e. The number of carbonyl (C=O) groups is 2. The first-order valence-corrected chi connectivity index (χ1v) is 9.49. The number of nitrogens with one attached hydrogen (secondary N) is 2. The second-order valence-corrected chi connectivity index (χ2v) is 7.09. The molecule has 1 aliphatic carbocycles. The molecule has 27 heavy (non-hydrogen) atoms. The van der Waals surface area contributed by atoms with Gasteiger partial charge in [0.1, 0.15) is 0 Å². The third kappa shape index (κ3) is 5.66. The van der Waals surface area contributed by atoms with Gasteiger partial charge in [0.2, 0.25) is 5.91 Å². The number of hydrogen-bond donors (Lipinski definition) is 2. The Hall–Kier alpha value is -2.66. The number of amides is 2. The molecule has 1 aliphatic rings. The highest BCUT2D eigenvalue weighted by atomic mass is 35.5. The molecule has 2 N–H and O–H groups in total. The Morgan fingerprint density at radius 1 is 0.963 bits per heavy atom. The lowest BCUT2D eigenvalue weighted by Crippen LogP contribution is -2.24. The van der Waals surface area contributed by atoms with E-state index in [1.54, 1.807) is 42.6 Å². The van der Waals surface area contributed by atoms with Crippen LogP contribution in [0.5, 0.6) is 0 Å². The zero-order valence-corrected chi connectivity index (χ0v) is 15.7. The molecule has 3 rings (SSSR count). The minimum atomic E-state index is -0.314. The SMILES string of the molecule is O=C(NN=Cc1ccc(Cl)cc1)c1ccc(NC(=O)C2CCCCC2)cc1. The normalized spacial score (nSPS) is 14.9. The lowest BCUT2D eigenvalue weighted by atomic mass is 9.88. The Labute approximate surface area is 163 Å². The highest BCUT2D eigenvalue weighted by molar-refractivity contribution is 6.30. The fourth-order valence-electron chi connectivity index (χ4n) is 3.09. The molecule has 5 nitrogen and oxygen atoms in total. The van der Waals surface area contributed by atoms with Crippen molar-refractivity contribution in [2.45, 2.75) is 32.1 Å². The van der Waals surface area contributed by atoms with E-state index in [-0.39, 0.29) is 17.7 Å². The predicted octanol–water partition coefficient (Wildman–Crippen LogP) is 4.62. The highest BCUT2D eigenvalue weighted by Crippen LogP contribution is 2.25. The van der Waals surface area contributed by atoms with Crippen LogP contribution in [-0.4, -0.2) is 18.0 Å². The Morgan fingerprint density at radius 2 is 1.63 bits per heavy atom. The first kappa shape index (κ1) is 19.1. The molecule has 2 aromatic carbocycles. The summed E-state index contributed by atoms with van der Waals surface area (Å²) in [5, 5.41) is 7.52. The van der Waals surface area contributed by atoms with Crippen molar-refractivity contribution in [2.75, 3.05) is 5.32 Å². The Bertz CT molecular complexity index is 810. The molecule has 0 radical (unpaired) electrons. The van der Waals surface area contributed by atoms with Gasteiger partial charge in [0, 0.05) is 22.2 Å². The molecule has 0 saturated heterocycles. The largest absolute Gasteiger partial charge is 0.326 e. The zero-order valence-electron chi connectivity index (χ0n) is 15.0. The van der Waals surface area contributed by atoms with E-state index in [4.69, 9.17) is 11.6 Å². The number of anilines is 1. The molecule has 0 aliphatic heterocycles. The summed E-state index contributed by atoms with van der Waals surface area (Å²) in [7, 11) is 0. The number of carbonyl (C=O) groups excluding carboxylic acids is 2. The lowest BCUT2D eigenvalue weighted by molar-refractivity contribution is -0.120. The lowest BCUT2D eigenvalue weighted by Gasteiger charge is -2.20. The average molecular weight is 384 g/mol.